The van der Waals surface area contributed by atoms with Gasteiger partial charge < -0.3 is 15.2 Å². The monoisotopic (exact) mass is 323 g/mol. The second-order valence-electron chi connectivity index (χ2n) is 6.03. The molecule has 2 unspecified atom stereocenters. The average molecular weight is 324 g/mol. The van der Waals surface area contributed by atoms with Crippen molar-refractivity contribution in [3.05, 3.63) is 35.9 Å². The Balaban J connectivity index is 1.90. The molecule has 2 heterocycles. The number of ether oxygens (including phenoxy) is 1. The fraction of sp³-hybridized carbons (Fsp3) is 0.500. The molecule has 0 aliphatic carbocycles. The quantitative estimate of drug-likeness (QED) is 0.626. The maximum Gasteiger partial charge on any atom is 0.339 e. The summed E-state index contributed by atoms with van der Waals surface area (Å²) in [5, 5.41) is 13.4. The number of esters is 1. The van der Waals surface area contributed by atoms with Crippen molar-refractivity contribution >= 4 is 23.5 Å². The molecular formula is C16H18ClNO4. The van der Waals surface area contributed by atoms with E-state index in [2.05, 4.69) is 5.32 Å². The molecule has 0 spiro atoms. The number of aliphatic hydroxyl groups excluding tert-OH is 1. The van der Waals surface area contributed by atoms with Gasteiger partial charge in [-0.05, 0) is 18.9 Å². The number of halogens is 1. The van der Waals surface area contributed by atoms with E-state index in [1.807, 2.05) is 30.3 Å². The van der Waals surface area contributed by atoms with E-state index in [0.29, 0.717) is 6.42 Å². The molecule has 0 radical (unpaired) electrons. The predicted molar refractivity (Wildman–Crippen MR) is 80.4 cm³/mol. The fourth-order valence-electron chi connectivity index (χ4n) is 3.62. The number of benzene rings is 1. The summed E-state index contributed by atoms with van der Waals surface area (Å²) < 4.78 is 5.31. The van der Waals surface area contributed by atoms with Gasteiger partial charge in [0.25, 0.3) is 0 Å². The minimum absolute atomic E-state index is 0.263. The number of amides is 1. The molecule has 1 aromatic rings. The molecule has 2 aliphatic heterocycles. The van der Waals surface area contributed by atoms with Crippen LogP contribution in [0.4, 0.5) is 0 Å². The van der Waals surface area contributed by atoms with Crippen LogP contribution in [-0.4, -0.2) is 40.1 Å². The molecule has 1 amide bonds. The number of rotatable bonds is 5. The third-order valence-electron chi connectivity index (χ3n) is 4.88. The van der Waals surface area contributed by atoms with E-state index in [9.17, 15) is 14.7 Å². The molecular weight excluding hydrogens is 306 g/mol. The van der Waals surface area contributed by atoms with Crippen LogP contribution in [0.5, 0.6) is 0 Å². The Morgan fingerprint density at radius 3 is 2.64 bits per heavy atom. The molecule has 2 saturated heterocycles. The number of aliphatic hydroxyl groups is 1. The number of carbonyl (C=O) groups is 2. The number of fused-ring (bicyclic) bond motifs is 1. The SMILES string of the molecule is C[C@@]12OC(=O)C1([C@@H](O)Cc1ccccc1)NC(=O)C2CCCl. The van der Waals surface area contributed by atoms with Gasteiger partial charge in [0.1, 0.15) is 0 Å². The molecule has 0 saturated carbocycles. The average Bonchev–Trinajstić information content (AvgIpc) is 2.66. The van der Waals surface area contributed by atoms with Gasteiger partial charge in [-0.1, -0.05) is 30.3 Å². The van der Waals surface area contributed by atoms with Gasteiger partial charge in [-0.2, -0.15) is 0 Å². The number of nitrogens with one attached hydrogen (secondary N) is 1. The second-order valence-corrected chi connectivity index (χ2v) is 6.41. The number of alkyl halides is 1. The van der Waals surface area contributed by atoms with E-state index in [-0.39, 0.29) is 18.2 Å². The highest BCUT2D eigenvalue weighted by Gasteiger charge is 2.78. The number of carbonyl (C=O) groups excluding carboxylic acids is 2. The summed E-state index contributed by atoms with van der Waals surface area (Å²) in [5.41, 5.74) is -1.54. The maximum atomic E-state index is 12.2. The molecule has 4 atom stereocenters. The molecule has 5 nitrogen and oxygen atoms in total. The van der Waals surface area contributed by atoms with E-state index in [0.717, 1.165) is 5.56 Å². The van der Waals surface area contributed by atoms with E-state index in [1.54, 1.807) is 6.92 Å². The Morgan fingerprint density at radius 1 is 1.36 bits per heavy atom. The van der Waals surface area contributed by atoms with Crippen LogP contribution in [-0.2, 0) is 20.7 Å². The molecule has 2 aliphatic rings. The van der Waals surface area contributed by atoms with Crippen LogP contribution in [0.1, 0.15) is 18.9 Å². The van der Waals surface area contributed by atoms with Crippen molar-refractivity contribution in [1.29, 1.82) is 0 Å². The van der Waals surface area contributed by atoms with Crippen molar-refractivity contribution < 1.29 is 19.4 Å². The highest BCUT2D eigenvalue weighted by atomic mass is 35.5. The largest absolute Gasteiger partial charge is 0.453 e. The van der Waals surface area contributed by atoms with E-state index in [4.69, 9.17) is 16.3 Å². The van der Waals surface area contributed by atoms with Gasteiger partial charge in [-0.3, -0.25) is 4.79 Å². The van der Waals surface area contributed by atoms with Crippen LogP contribution in [0.15, 0.2) is 30.3 Å². The number of hydrogen-bond acceptors (Lipinski definition) is 4. The first kappa shape index (κ1) is 15.3. The molecule has 1 aromatic carbocycles. The third-order valence-corrected chi connectivity index (χ3v) is 5.10. The van der Waals surface area contributed by atoms with Gasteiger partial charge in [0.05, 0.1) is 12.0 Å². The van der Waals surface area contributed by atoms with Crippen LogP contribution in [0.25, 0.3) is 0 Å². The van der Waals surface area contributed by atoms with Crippen molar-refractivity contribution in [2.24, 2.45) is 5.92 Å². The zero-order chi connectivity index (χ0) is 16.0. The smallest absolute Gasteiger partial charge is 0.339 e. The summed E-state index contributed by atoms with van der Waals surface area (Å²) in [7, 11) is 0. The zero-order valence-electron chi connectivity index (χ0n) is 12.2. The van der Waals surface area contributed by atoms with Crippen molar-refractivity contribution in [2.45, 2.75) is 37.0 Å². The van der Waals surface area contributed by atoms with Gasteiger partial charge in [0.2, 0.25) is 11.4 Å². The van der Waals surface area contributed by atoms with E-state index < -0.39 is 29.1 Å². The summed E-state index contributed by atoms with van der Waals surface area (Å²) in [6.07, 6.45) is -0.387. The minimum Gasteiger partial charge on any atom is -0.453 e. The molecule has 0 bridgehead atoms. The molecule has 22 heavy (non-hydrogen) atoms. The highest BCUT2D eigenvalue weighted by molar-refractivity contribution is 6.18. The van der Waals surface area contributed by atoms with Gasteiger partial charge in [-0.15, -0.1) is 11.6 Å². The van der Waals surface area contributed by atoms with Crippen LogP contribution < -0.4 is 5.32 Å². The molecule has 6 heteroatoms. The van der Waals surface area contributed by atoms with Crippen LogP contribution in [0.3, 0.4) is 0 Å². The lowest BCUT2D eigenvalue weighted by atomic mass is 9.67. The van der Waals surface area contributed by atoms with E-state index in [1.165, 1.54) is 0 Å². The Hall–Kier alpha value is -1.59. The molecule has 118 valence electrons. The zero-order valence-corrected chi connectivity index (χ0v) is 13.0. The lowest BCUT2D eigenvalue weighted by Crippen LogP contribution is -2.79. The molecule has 3 rings (SSSR count). The van der Waals surface area contributed by atoms with Gasteiger partial charge in [-0.25, -0.2) is 4.79 Å². The van der Waals surface area contributed by atoms with Crippen LogP contribution in [0.2, 0.25) is 0 Å². The summed E-state index contributed by atoms with van der Waals surface area (Å²) in [6.45, 7) is 1.69. The van der Waals surface area contributed by atoms with Gasteiger partial charge in [0.15, 0.2) is 5.60 Å². The van der Waals surface area contributed by atoms with Crippen molar-refractivity contribution in [2.75, 3.05) is 5.88 Å². The van der Waals surface area contributed by atoms with Crippen LogP contribution in [0, 0.1) is 5.92 Å². The predicted octanol–water partition coefficient (Wildman–Crippen LogP) is 1.02. The molecule has 0 aromatic heterocycles. The van der Waals surface area contributed by atoms with Crippen molar-refractivity contribution in [3.8, 4) is 0 Å². The van der Waals surface area contributed by atoms with Gasteiger partial charge in [0, 0.05) is 12.3 Å². The first-order chi connectivity index (χ1) is 10.5. The van der Waals surface area contributed by atoms with Crippen LogP contribution >= 0.6 is 11.6 Å². The third kappa shape index (κ3) is 1.88. The molecule has 2 fully saturated rings. The Bertz CT molecular complexity index is 607. The normalized spacial score (nSPS) is 34.4. The second kappa shape index (κ2) is 5.25. The standard InChI is InChI=1S/C16H18ClNO4/c1-15-11(7-8-17)13(20)18-16(15,14(21)22-15)12(19)9-10-5-3-2-4-6-10/h2-6,11-12,19H,7-9H2,1H3,(H,18,20)/t11?,12-,15-,16?/m0/s1. The first-order valence-corrected chi connectivity index (χ1v) is 7.82. The van der Waals surface area contributed by atoms with Gasteiger partial charge >= 0.3 is 5.97 Å². The first-order valence-electron chi connectivity index (χ1n) is 7.29. The topological polar surface area (TPSA) is 75.6 Å². The lowest BCUT2D eigenvalue weighted by Gasteiger charge is -2.53. The van der Waals surface area contributed by atoms with Crippen molar-refractivity contribution in [1.82, 2.24) is 5.32 Å². The van der Waals surface area contributed by atoms with E-state index >= 15 is 0 Å². The summed E-state index contributed by atoms with van der Waals surface area (Å²) >= 11 is 5.75. The summed E-state index contributed by atoms with van der Waals surface area (Å²) in [5.74, 6) is -1.12. The fourth-order valence-corrected chi connectivity index (χ4v) is 3.84. The van der Waals surface area contributed by atoms with Crippen molar-refractivity contribution in [3.63, 3.8) is 0 Å². The minimum atomic E-state index is -1.38. The Morgan fingerprint density at radius 2 is 2.05 bits per heavy atom. The highest BCUT2D eigenvalue weighted by Crippen LogP contribution is 2.52. The number of hydrogen-bond donors (Lipinski definition) is 2. The summed E-state index contributed by atoms with van der Waals surface area (Å²) in [6, 6.07) is 9.34. The summed E-state index contributed by atoms with van der Waals surface area (Å²) in [4.78, 5) is 24.4. The maximum absolute atomic E-state index is 12.2. The lowest BCUT2D eigenvalue weighted by molar-refractivity contribution is -0.234. The molecule has 2 N–H and O–H groups in total. The Labute approximate surface area is 133 Å². The Kier molecular flexibility index (Phi) is 3.65.